The zero-order chi connectivity index (χ0) is 14.7. The quantitative estimate of drug-likeness (QED) is 0.827. The number of hydrogen-bond acceptors (Lipinski definition) is 4. The zero-order valence-electron chi connectivity index (χ0n) is 12.2. The molecule has 2 atom stereocenters. The fraction of sp³-hybridized carbons (Fsp3) is 0.625. The van der Waals surface area contributed by atoms with Crippen LogP contribution in [0.2, 0.25) is 0 Å². The Balaban J connectivity index is 1.70. The Morgan fingerprint density at radius 1 is 1.38 bits per heavy atom. The lowest BCUT2D eigenvalue weighted by Crippen LogP contribution is -2.43. The lowest BCUT2D eigenvalue weighted by molar-refractivity contribution is -0.138. The van der Waals surface area contributed by atoms with Gasteiger partial charge in [-0.15, -0.1) is 0 Å². The van der Waals surface area contributed by atoms with E-state index in [0.717, 1.165) is 44.6 Å². The second-order valence-corrected chi connectivity index (χ2v) is 6.17. The van der Waals surface area contributed by atoms with Crippen molar-refractivity contribution in [3.8, 4) is 0 Å². The van der Waals surface area contributed by atoms with E-state index in [1.165, 1.54) is 0 Å². The van der Waals surface area contributed by atoms with E-state index in [-0.39, 0.29) is 6.54 Å². The normalized spacial score (nSPS) is 26.0. The van der Waals surface area contributed by atoms with Gasteiger partial charge in [0.15, 0.2) is 0 Å². The van der Waals surface area contributed by atoms with Crippen LogP contribution in [0.3, 0.4) is 0 Å². The van der Waals surface area contributed by atoms with Crippen LogP contribution in [0.15, 0.2) is 24.4 Å². The third kappa shape index (κ3) is 3.80. The van der Waals surface area contributed by atoms with Gasteiger partial charge in [-0.1, -0.05) is 6.07 Å². The van der Waals surface area contributed by atoms with Gasteiger partial charge in [0.25, 0.3) is 0 Å². The molecule has 1 aromatic rings. The number of aromatic nitrogens is 1. The molecule has 1 aliphatic carbocycles. The van der Waals surface area contributed by atoms with Crippen molar-refractivity contribution in [1.29, 1.82) is 0 Å². The molecule has 1 aliphatic heterocycles. The molecule has 0 aromatic carbocycles. The highest BCUT2D eigenvalue weighted by Crippen LogP contribution is 2.33. The first kappa shape index (κ1) is 14.5. The minimum atomic E-state index is -0.717. The van der Waals surface area contributed by atoms with Crippen molar-refractivity contribution in [1.82, 2.24) is 15.2 Å². The molecule has 1 saturated heterocycles. The lowest BCUT2D eigenvalue weighted by atomic mass is 9.83. The summed E-state index contributed by atoms with van der Waals surface area (Å²) in [5.41, 5.74) is 1.13. The Morgan fingerprint density at radius 2 is 2.24 bits per heavy atom. The van der Waals surface area contributed by atoms with E-state index in [9.17, 15) is 4.79 Å². The van der Waals surface area contributed by atoms with Crippen LogP contribution in [0.25, 0.3) is 0 Å². The summed E-state index contributed by atoms with van der Waals surface area (Å²) in [4.78, 5) is 17.7. The summed E-state index contributed by atoms with van der Waals surface area (Å²) in [6, 6.07) is 6.54. The number of aliphatic carboxylic acids is 1. The molecule has 1 saturated carbocycles. The molecule has 21 heavy (non-hydrogen) atoms. The summed E-state index contributed by atoms with van der Waals surface area (Å²) in [5, 5.41) is 12.6. The molecule has 2 fully saturated rings. The number of pyridine rings is 1. The topological polar surface area (TPSA) is 65.5 Å². The number of rotatable bonds is 6. The van der Waals surface area contributed by atoms with Crippen LogP contribution < -0.4 is 5.32 Å². The van der Waals surface area contributed by atoms with Crippen molar-refractivity contribution in [3.63, 3.8) is 0 Å². The highest BCUT2D eigenvalue weighted by molar-refractivity contribution is 5.69. The number of carbonyl (C=O) groups is 1. The maximum atomic E-state index is 11.1. The Hall–Kier alpha value is -1.46. The second-order valence-electron chi connectivity index (χ2n) is 6.17. The average molecular weight is 289 g/mol. The van der Waals surface area contributed by atoms with Crippen LogP contribution in [0.5, 0.6) is 0 Å². The van der Waals surface area contributed by atoms with Gasteiger partial charge < -0.3 is 10.4 Å². The number of nitrogens with zero attached hydrogens (tertiary/aromatic N) is 2. The van der Waals surface area contributed by atoms with Gasteiger partial charge >= 0.3 is 5.97 Å². The van der Waals surface area contributed by atoms with Crippen LogP contribution in [0, 0.1) is 5.92 Å². The van der Waals surface area contributed by atoms with Crippen molar-refractivity contribution >= 4 is 5.97 Å². The van der Waals surface area contributed by atoms with Crippen molar-refractivity contribution in [2.45, 2.75) is 31.2 Å². The third-order valence-corrected chi connectivity index (χ3v) is 4.56. The summed E-state index contributed by atoms with van der Waals surface area (Å²) in [7, 11) is 0. The minimum Gasteiger partial charge on any atom is -0.480 e. The van der Waals surface area contributed by atoms with E-state index in [4.69, 9.17) is 5.11 Å². The largest absolute Gasteiger partial charge is 0.480 e. The van der Waals surface area contributed by atoms with Crippen LogP contribution in [0.1, 0.15) is 30.9 Å². The Kier molecular flexibility index (Phi) is 4.51. The fourth-order valence-electron chi connectivity index (χ4n) is 3.33. The van der Waals surface area contributed by atoms with Crippen molar-refractivity contribution in [2.24, 2.45) is 5.92 Å². The molecule has 114 valence electrons. The molecule has 0 radical (unpaired) electrons. The monoisotopic (exact) mass is 289 g/mol. The maximum absolute atomic E-state index is 11.1. The van der Waals surface area contributed by atoms with E-state index in [0.29, 0.717) is 17.9 Å². The van der Waals surface area contributed by atoms with Gasteiger partial charge in [-0.25, -0.2) is 0 Å². The third-order valence-electron chi connectivity index (χ3n) is 4.56. The van der Waals surface area contributed by atoms with Gasteiger partial charge in [-0.3, -0.25) is 14.7 Å². The highest BCUT2D eigenvalue weighted by Gasteiger charge is 2.35. The standard InChI is InChI=1S/C16H23N3O2/c20-16(21)11-19(13-4-5-13)10-12-6-8-17-9-14(12)15-3-1-2-7-18-15/h1-3,7,12-14,17H,4-6,8-11H2,(H,20,21)/t12?,14-/m1/s1. The Labute approximate surface area is 125 Å². The van der Waals surface area contributed by atoms with Gasteiger partial charge in [0.1, 0.15) is 0 Å². The second kappa shape index (κ2) is 6.54. The molecular formula is C16H23N3O2. The lowest BCUT2D eigenvalue weighted by Gasteiger charge is -2.35. The van der Waals surface area contributed by atoms with E-state index < -0.39 is 5.97 Å². The van der Waals surface area contributed by atoms with E-state index in [1.807, 2.05) is 18.3 Å². The molecule has 0 spiro atoms. The van der Waals surface area contributed by atoms with Crippen LogP contribution in [-0.4, -0.2) is 53.2 Å². The van der Waals surface area contributed by atoms with Crippen molar-refractivity contribution in [3.05, 3.63) is 30.1 Å². The highest BCUT2D eigenvalue weighted by atomic mass is 16.4. The number of carboxylic acid groups (broad SMARTS) is 1. The SMILES string of the molecule is O=C(O)CN(CC1CCNC[C@H]1c1ccccn1)C1CC1. The van der Waals surface area contributed by atoms with E-state index in [2.05, 4.69) is 21.3 Å². The first-order valence-electron chi connectivity index (χ1n) is 7.81. The summed E-state index contributed by atoms with van der Waals surface area (Å²) < 4.78 is 0. The molecule has 5 heteroatoms. The molecule has 1 unspecified atom stereocenters. The molecule has 0 amide bonds. The number of hydrogen-bond donors (Lipinski definition) is 2. The molecule has 3 rings (SSSR count). The molecule has 5 nitrogen and oxygen atoms in total. The minimum absolute atomic E-state index is 0.170. The van der Waals surface area contributed by atoms with E-state index in [1.54, 1.807) is 0 Å². The van der Waals surface area contributed by atoms with Crippen molar-refractivity contribution < 1.29 is 9.90 Å². The zero-order valence-corrected chi connectivity index (χ0v) is 12.2. The first-order valence-corrected chi connectivity index (χ1v) is 7.81. The summed E-state index contributed by atoms with van der Waals surface area (Å²) >= 11 is 0. The van der Waals surface area contributed by atoms with Gasteiger partial charge in [0, 0.05) is 36.9 Å². The summed E-state index contributed by atoms with van der Waals surface area (Å²) in [5.74, 6) is 0.154. The predicted molar refractivity (Wildman–Crippen MR) is 80.2 cm³/mol. The Bertz CT molecular complexity index is 476. The number of piperidine rings is 1. The smallest absolute Gasteiger partial charge is 0.317 e. The molecule has 2 N–H and O–H groups in total. The molecule has 1 aromatic heterocycles. The van der Waals surface area contributed by atoms with Gasteiger partial charge in [-0.05, 0) is 43.9 Å². The number of carboxylic acids is 1. The molecule has 2 heterocycles. The van der Waals surface area contributed by atoms with Crippen LogP contribution >= 0.6 is 0 Å². The van der Waals surface area contributed by atoms with Gasteiger partial charge in [-0.2, -0.15) is 0 Å². The Morgan fingerprint density at radius 3 is 2.90 bits per heavy atom. The molecular weight excluding hydrogens is 266 g/mol. The molecule has 0 bridgehead atoms. The fourth-order valence-corrected chi connectivity index (χ4v) is 3.33. The van der Waals surface area contributed by atoms with Crippen LogP contribution in [-0.2, 0) is 4.79 Å². The average Bonchev–Trinajstić information content (AvgIpc) is 3.32. The first-order chi connectivity index (χ1) is 10.2. The molecule has 2 aliphatic rings. The maximum Gasteiger partial charge on any atom is 0.317 e. The van der Waals surface area contributed by atoms with Gasteiger partial charge in [0.2, 0.25) is 0 Å². The predicted octanol–water partition coefficient (Wildman–Crippen LogP) is 1.32. The van der Waals surface area contributed by atoms with Crippen LogP contribution in [0.4, 0.5) is 0 Å². The van der Waals surface area contributed by atoms with E-state index >= 15 is 0 Å². The van der Waals surface area contributed by atoms with Gasteiger partial charge in [0.05, 0.1) is 6.54 Å². The summed E-state index contributed by atoms with van der Waals surface area (Å²) in [6.45, 7) is 3.00. The van der Waals surface area contributed by atoms with Crippen molar-refractivity contribution in [2.75, 3.05) is 26.2 Å². The summed E-state index contributed by atoms with van der Waals surface area (Å²) in [6.07, 6.45) is 5.22. The number of nitrogens with one attached hydrogen (secondary N) is 1.